The van der Waals surface area contributed by atoms with E-state index >= 15 is 0 Å². The average Bonchev–Trinajstić information content (AvgIpc) is 3.91. The number of rotatable bonds is 5. The quantitative estimate of drug-likeness (QED) is 0.170. The molecule has 8 fully saturated rings. The summed E-state index contributed by atoms with van der Waals surface area (Å²) in [5.41, 5.74) is -6.36. The van der Waals surface area contributed by atoms with Crippen LogP contribution in [0.5, 0.6) is 0 Å². The van der Waals surface area contributed by atoms with Crippen molar-refractivity contribution in [2.45, 2.75) is 122 Å². The van der Waals surface area contributed by atoms with Gasteiger partial charge in [-0.1, -0.05) is 20.8 Å². The van der Waals surface area contributed by atoms with E-state index in [1.165, 1.54) is 27.7 Å². The third-order valence-corrected chi connectivity index (χ3v) is 14.9. The molecule has 50 heavy (non-hydrogen) atoms. The van der Waals surface area contributed by atoms with E-state index in [0.717, 1.165) is 0 Å². The molecule has 15 heteroatoms. The molecule has 0 aromatic carbocycles. The minimum Gasteiger partial charge on any atom is -0.459 e. The maximum Gasteiger partial charge on any atom is 0.341 e. The number of Topliss-reactive ketones (excluding diaryl/α,β-unsaturated/α-hetero) is 1. The molecule has 0 bridgehead atoms. The van der Waals surface area contributed by atoms with Gasteiger partial charge < -0.3 is 43.4 Å². The van der Waals surface area contributed by atoms with Crippen LogP contribution in [0.1, 0.15) is 61.8 Å². The molecule has 3 saturated heterocycles. The second-order valence-corrected chi connectivity index (χ2v) is 16.7. The van der Waals surface area contributed by atoms with Gasteiger partial charge in [0.2, 0.25) is 5.79 Å². The molecule has 5 aliphatic carbocycles. The Morgan fingerprint density at radius 2 is 1.50 bits per heavy atom. The highest BCUT2D eigenvalue weighted by Crippen LogP contribution is 2.80. The van der Waals surface area contributed by atoms with Gasteiger partial charge in [0.15, 0.2) is 17.5 Å². The average molecular weight is 705 g/mol. The van der Waals surface area contributed by atoms with Crippen LogP contribution in [0.25, 0.3) is 0 Å². The number of aliphatic hydroxyl groups is 2. The number of esters is 4. The molecule has 1 spiro atoms. The fourth-order valence-electron chi connectivity index (χ4n) is 13.1. The summed E-state index contributed by atoms with van der Waals surface area (Å²) in [4.78, 5) is 79.1. The van der Waals surface area contributed by atoms with Crippen LogP contribution in [0.3, 0.4) is 0 Å². The second kappa shape index (κ2) is 10.0. The molecule has 8 aliphatic rings. The molecule has 2 N–H and O–H groups in total. The zero-order valence-corrected chi connectivity index (χ0v) is 29.1. The van der Waals surface area contributed by atoms with Crippen molar-refractivity contribution in [3.63, 3.8) is 0 Å². The van der Waals surface area contributed by atoms with Gasteiger partial charge >= 0.3 is 23.9 Å². The molecular weight excluding hydrogens is 660 g/mol. The van der Waals surface area contributed by atoms with E-state index in [1.54, 1.807) is 20.8 Å². The molecule has 3 aliphatic heterocycles. The zero-order valence-electron chi connectivity index (χ0n) is 29.1. The van der Waals surface area contributed by atoms with E-state index in [4.69, 9.17) is 33.2 Å². The van der Waals surface area contributed by atoms with E-state index < -0.39 is 148 Å². The number of ketones is 1. The summed E-state index contributed by atoms with van der Waals surface area (Å²) in [6.45, 7) is 12.2. The fourth-order valence-corrected chi connectivity index (χ4v) is 13.1. The molecule has 0 amide bonds. The molecule has 0 unspecified atom stereocenters. The third-order valence-electron chi connectivity index (χ3n) is 14.9. The van der Waals surface area contributed by atoms with Crippen LogP contribution >= 0.6 is 0 Å². The van der Waals surface area contributed by atoms with Crippen molar-refractivity contribution in [1.29, 1.82) is 0 Å². The van der Waals surface area contributed by atoms with Crippen molar-refractivity contribution in [3.05, 3.63) is 0 Å². The van der Waals surface area contributed by atoms with Crippen molar-refractivity contribution in [3.8, 4) is 0 Å². The van der Waals surface area contributed by atoms with Crippen molar-refractivity contribution >= 4 is 36.1 Å². The van der Waals surface area contributed by atoms with Gasteiger partial charge in [0.1, 0.15) is 30.5 Å². The summed E-state index contributed by atoms with van der Waals surface area (Å²) in [7, 11) is 0. The SMILES string of the molecule is CC(=O)O[C@H]1[C@H]2[C@H]([C@@H]3[C@@H](O)[C@@H]4[C@H]([C@H](C)[C@H]5O[C@]56OC(=O)[C@@](C)(O)[C@]46C)[C@@]3(C)[C@H]1OC(C)=O)[C@@H](OC=O)C(=O)[C@H]1C[C@@H]3O[C@@H]3[C@H](OC(C)=O)[C@]21C. The number of ether oxygens (including phenoxy) is 7. The minimum atomic E-state index is -2.14. The maximum absolute atomic E-state index is 14.7. The summed E-state index contributed by atoms with van der Waals surface area (Å²) in [5, 5.41) is 24.8. The third kappa shape index (κ3) is 3.65. The highest BCUT2D eigenvalue weighted by atomic mass is 16.8. The van der Waals surface area contributed by atoms with Crippen LogP contribution < -0.4 is 0 Å². The first kappa shape index (κ1) is 34.0. The molecular formula is C35H44O15. The Morgan fingerprint density at radius 1 is 0.880 bits per heavy atom. The molecule has 3 heterocycles. The smallest absolute Gasteiger partial charge is 0.341 e. The van der Waals surface area contributed by atoms with Gasteiger partial charge in [-0.25, -0.2) is 4.79 Å². The number of hydrogen-bond acceptors (Lipinski definition) is 15. The normalized spacial score (nSPS) is 57.5. The Kier molecular flexibility index (Phi) is 6.82. The van der Waals surface area contributed by atoms with Crippen LogP contribution in [0.15, 0.2) is 0 Å². The summed E-state index contributed by atoms with van der Waals surface area (Å²) in [6.07, 6.45) is -7.95. The van der Waals surface area contributed by atoms with Crippen LogP contribution in [-0.4, -0.2) is 107 Å². The van der Waals surface area contributed by atoms with Gasteiger partial charge in [0.05, 0.1) is 17.6 Å². The fraction of sp³-hybridized carbons (Fsp3) is 0.829. The van der Waals surface area contributed by atoms with Crippen LogP contribution in [0.4, 0.5) is 0 Å². The highest BCUT2D eigenvalue weighted by molar-refractivity contribution is 5.89. The van der Waals surface area contributed by atoms with Crippen molar-refractivity contribution in [2.75, 3.05) is 0 Å². The number of aliphatic hydroxyl groups excluding tert-OH is 1. The first-order valence-electron chi connectivity index (χ1n) is 17.4. The minimum absolute atomic E-state index is 0.173. The first-order chi connectivity index (χ1) is 23.3. The van der Waals surface area contributed by atoms with Gasteiger partial charge in [0, 0.05) is 61.2 Å². The van der Waals surface area contributed by atoms with Gasteiger partial charge in [-0.15, -0.1) is 0 Å². The Morgan fingerprint density at radius 3 is 2.10 bits per heavy atom. The topological polar surface area (TPSA) is 214 Å². The molecule has 20 atom stereocenters. The Balaban J connectivity index is 1.40. The van der Waals surface area contributed by atoms with Crippen LogP contribution in [0, 0.1) is 57.7 Å². The second-order valence-electron chi connectivity index (χ2n) is 16.7. The number of carbonyl (C=O) groups excluding carboxylic acids is 6. The standard InChI is InChI=1S/C35H44O15/c1-11-18-21(33(7)34(8,43)30(42)50-35(33)27(11)49-35)23(41)19-17-20(26(45-12(2)37)29(32(18,19)6)47-14(4)39)31(5)15(22(40)25(17)44-10-36)9-16-24(48-16)28(31)46-13(3)38/h10-11,15-21,23-29,41,43H,9H2,1-8H3/t11-,15+,16-,17-,18-,19+,20+,21-,23+,24-,25+,26-,27+,28-,29-,31-,32+,33-,34+,35-/m0/s1. The predicted octanol–water partition coefficient (Wildman–Crippen LogP) is 0.234. The van der Waals surface area contributed by atoms with E-state index in [2.05, 4.69) is 0 Å². The van der Waals surface area contributed by atoms with E-state index in [0.29, 0.717) is 0 Å². The first-order valence-corrected chi connectivity index (χ1v) is 17.4. The Hall–Kier alpha value is -3.14. The Labute approximate surface area is 287 Å². The molecule has 274 valence electrons. The van der Waals surface area contributed by atoms with Crippen LogP contribution in [-0.2, 0) is 61.9 Å². The van der Waals surface area contributed by atoms with Crippen molar-refractivity contribution < 1.29 is 72.1 Å². The maximum atomic E-state index is 14.7. The lowest BCUT2D eigenvalue weighted by Gasteiger charge is -2.65. The molecule has 8 rings (SSSR count). The lowest BCUT2D eigenvalue weighted by atomic mass is 9.41. The number of fused-ring (bicyclic) bond motifs is 9. The zero-order chi connectivity index (χ0) is 36.4. The summed E-state index contributed by atoms with van der Waals surface area (Å²) in [5.74, 6) is -11.2. The Bertz CT molecular complexity index is 1610. The lowest BCUT2D eigenvalue weighted by Crippen LogP contribution is -2.75. The lowest BCUT2D eigenvalue weighted by molar-refractivity contribution is -0.273. The molecule has 0 aromatic heterocycles. The summed E-state index contributed by atoms with van der Waals surface area (Å²) < 4.78 is 41.9. The molecule has 0 aromatic rings. The van der Waals surface area contributed by atoms with E-state index in [1.807, 2.05) is 6.92 Å². The summed E-state index contributed by atoms with van der Waals surface area (Å²) >= 11 is 0. The number of hydrogen-bond donors (Lipinski definition) is 2. The number of epoxide rings is 2. The number of carbonyl (C=O) groups is 6. The van der Waals surface area contributed by atoms with Gasteiger partial charge in [-0.05, 0) is 32.1 Å². The van der Waals surface area contributed by atoms with Gasteiger partial charge in [-0.2, -0.15) is 0 Å². The van der Waals surface area contributed by atoms with E-state index in [9.17, 15) is 39.0 Å². The molecule has 5 saturated carbocycles. The van der Waals surface area contributed by atoms with Gasteiger partial charge in [0.25, 0.3) is 6.47 Å². The highest BCUT2D eigenvalue weighted by Gasteiger charge is 2.93. The monoisotopic (exact) mass is 704 g/mol. The van der Waals surface area contributed by atoms with Crippen LogP contribution in [0.2, 0.25) is 0 Å². The van der Waals surface area contributed by atoms with Gasteiger partial charge in [-0.3, -0.25) is 24.0 Å². The van der Waals surface area contributed by atoms with Crippen molar-refractivity contribution in [1.82, 2.24) is 0 Å². The molecule has 0 radical (unpaired) electrons. The predicted molar refractivity (Wildman–Crippen MR) is 161 cm³/mol. The summed E-state index contributed by atoms with van der Waals surface area (Å²) in [6, 6.07) is 0. The largest absolute Gasteiger partial charge is 0.459 e. The molecule has 15 nitrogen and oxygen atoms in total. The van der Waals surface area contributed by atoms with E-state index in [-0.39, 0.29) is 12.9 Å². The van der Waals surface area contributed by atoms with Crippen molar-refractivity contribution in [2.24, 2.45) is 57.7 Å².